The number of aryl methyl sites for hydroxylation is 2. The average Bonchev–Trinajstić information content (AvgIpc) is 3.11. The number of hydrogen-bond acceptors (Lipinski definition) is 7. The molecule has 3 heterocycles. The number of rotatable bonds is 6. The first kappa shape index (κ1) is 23.1. The normalized spacial score (nSPS) is 15.6. The molecule has 174 valence electrons. The van der Waals surface area contributed by atoms with Crippen molar-refractivity contribution in [3.8, 4) is 5.75 Å². The highest BCUT2D eigenvalue weighted by atomic mass is 32.1. The Kier molecular flexibility index (Phi) is 6.90. The Morgan fingerprint density at radius 1 is 1.27 bits per heavy atom. The first-order valence-corrected chi connectivity index (χ1v) is 11.9. The molecule has 1 aliphatic rings. The van der Waals surface area contributed by atoms with Crippen LogP contribution in [0.3, 0.4) is 0 Å². The lowest BCUT2D eigenvalue weighted by Crippen LogP contribution is -2.41. The SMILES string of the molecule is Cc1cccc(OC2=Nc3c(c(=O)n(CCCO)c(=O)n3C)CCC2Cc2ncc(C)s2)c1. The number of fused-ring (bicyclic) bond motifs is 1. The molecule has 0 saturated heterocycles. The van der Waals surface area contributed by atoms with Gasteiger partial charge in [-0.2, -0.15) is 4.99 Å². The van der Waals surface area contributed by atoms with Gasteiger partial charge in [0.1, 0.15) is 11.6 Å². The van der Waals surface area contributed by atoms with Gasteiger partial charge in [-0.1, -0.05) is 12.1 Å². The number of aliphatic hydroxyl groups excluding tert-OH is 1. The van der Waals surface area contributed by atoms with Crippen molar-refractivity contribution in [2.75, 3.05) is 6.61 Å². The zero-order valence-electron chi connectivity index (χ0n) is 19.1. The smallest absolute Gasteiger partial charge is 0.332 e. The molecule has 4 rings (SSSR count). The van der Waals surface area contributed by atoms with E-state index in [2.05, 4.69) is 4.98 Å². The van der Waals surface area contributed by atoms with E-state index in [9.17, 15) is 9.59 Å². The van der Waals surface area contributed by atoms with Crippen molar-refractivity contribution < 1.29 is 9.84 Å². The van der Waals surface area contributed by atoms with Crippen LogP contribution >= 0.6 is 11.3 Å². The molecule has 1 N–H and O–H groups in total. The Morgan fingerprint density at radius 3 is 2.79 bits per heavy atom. The van der Waals surface area contributed by atoms with Crippen LogP contribution in [0.1, 0.15) is 33.9 Å². The molecule has 0 fully saturated rings. The van der Waals surface area contributed by atoms with E-state index in [-0.39, 0.29) is 24.6 Å². The molecule has 33 heavy (non-hydrogen) atoms. The van der Waals surface area contributed by atoms with Crippen LogP contribution in [0.15, 0.2) is 45.0 Å². The lowest BCUT2D eigenvalue weighted by Gasteiger charge is -2.17. The van der Waals surface area contributed by atoms with Crippen molar-refractivity contribution >= 4 is 23.1 Å². The second kappa shape index (κ2) is 9.84. The van der Waals surface area contributed by atoms with Gasteiger partial charge in [-0.3, -0.25) is 13.9 Å². The summed E-state index contributed by atoms with van der Waals surface area (Å²) in [6.07, 6.45) is 3.95. The Hall–Kier alpha value is -3.04. The molecular formula is C24H28N4O4S. The van der Waals surface area contributed by atoms with Gasteiger partial charge in [0.25, 0.3) is 5.56 Å². The standard InChI is InChI=1S/C24H28N4O4S/c1-15-6-4-7-18(12-15)32-22-17(13-20-25-14-16(2)33-20)8-9-19-21(26-22)27(3)24(31)28(23(19)30)10-5-11-29/h4,6-7,12,14,17,29H,5,8-11,13H2,1-3H3. The Balaban J connectivity index is 1.80. The largest absolute Gasteiger partial charge is 0.443 e. The Bertz CT molecular complexity index is 1300. The van der Waals surface area contributed by atoms with Gasteiger partial charge in [-0.25, -0.2) is 9.78 Å². The van der Waals surface area contributed by atoms with Crippen molar-refractivity contribution in [2.24, 2.45) is 18.0 Å². The highest BCUT2D eigenvalue weighted by Crippen LogP contribution is 2.29. The van der Waals surface area contributed by atoms with E-state index in [0.717, 1.165) is 15.4 Å². The molecule has 3 aromatic rings. The minimum atomic E-state index is -0.445. The topological polar surface area (TPSA) is 98.7 Å². The molecule has 0 amide bonds. The van der Waals surface area contributed by atoms with E-state index in [4.69, 9.17) is 14.8 Å². The third kappa shape index (κ3) is 4.99. The van der Waals surface area contributed by atoms with Gasteiger partial charge in [0.15, 0.2) is 5.90 Å². The van der Waals surface area contributed by atoms with Crippen molar-refractivity contribution in [1.29, 1.82) is 0 Å². The van der Waals surface area contributed by atoms with Gasteiger partial charge in [-0.05, 0) is 50.8 Å². The quantitative estimate of drug-likeness (QED) is 0.600. The minimum absolute atomic E-state index is 0.0887. The fraction of sp³-hybridized carbons (Fsp3) is 0.417. The molecule has 1 aliphatic heterocycles. The molecule has 8 nitrogen and oxygen atoms in total. The van der Waals surface area contributed by atoms with Crippen LogP contribution in [-0.2, 0) is 26.4 Å². The van der Waals surface area contributed by atoms with Crippen LogP contribution in [0.5, 0.6) is 5.75 Å². The number of nitrogens with zero attached hydrogens (tertiary/aromatic N) is 4. The van der Waals surface area contributed by atoms with Crippen LogP contribution in [0, 0.1) is 19.8 Å². The first-order valence-electron chi connectivity index (χ1n) is 11.1. The highest BCUT2D eigenvalue weighted by Gasteiger charge is 2.28. The zero-order chi connectivity index (χ0) is 23.5. The summed E-state index contributed by atoms with van der Waals surface area (Å²) in [4.78, 5) is 36.5. The summed E-state index contributed by atoms with van der Waals surface area (Å²) in [6.45, 7) is 4.10. The molecule has 9 heteroatoms. The third-order valence-electron chi connectivity index (χ3n) is 5.76. The monoisotopic (exact) mass is 468 g/mol. The number of aliphatic imine (C=N–C) groups is 1. The Labute approximate surface area is 195 Å². The van der Waals surface area contributed by atoms with E-state index < -0.39 is 5.69 Å². The molecule has 1 aromatic carbocycles. The van der Waals surface area contributed by atoms with Gasteiger partial charge in [0.05, 0.1) is 10.6 Å². The number of aromatic nitrogens is 3. The van der Waals surface area contributed by atoms with E-state index in [1.807, 2.05) is 44.3 Å². The fourth-order valence-corrected chi connectivity index (χ4v) is 4.91. The summed E-state index contributed by atoms with van der Waals surface area (Å²) < 4.78 is 8.86. The number of aliphatic hydroxyl groups is 1. The van der Waals surface area contributed by atoms with Gasteiger partial charge in [0, 0.05) is 43.6 Å². The Morgan fingerprint density at radius 2 is 2.09 bits per heavy atom. The second-order valence-corrected chi connectivity index (χ2v) is 9.67. The van der Waals surface area contributed by atoms with Gasteiger partial charge in [-0.15, -0.1) is 11.3 Å². The maximum Gasteiger partial charge on any atom is 0.332 e. The fourth-order valence-electron chi connectivity index (χ4n) is 4.05. The molecule has 0 spiro atoms. The number of ether oxygens (including phenoxy) is 1. The minimum Gasteiger partial charge on any atom is -0.443 e. The van der Waals surface area contributed by atoms with Crippen LogP contribution < -0.4 is 16.0 Å². The highest BCUT2D eigenvalue weighted by molar-refractivity contribution is 7.11. The zero-order valence-corrected chi connectivity index (χ0v) is 19.9. The maximum absolute atomic E-state index is 13.2. The van der Waals surface area contributed by atoms with E-state index in [0.29, 0.717) is 48.7 Å². The van der Waals surface area contributed by atoms with Crippen LogP contribution in [0.25, 0.3) is 0 Å². The first-order chi connectivity index (χ1) is 15.9. The van der Waals surface area contributed by atoms with Crippen LogP contribution in [0.2, 0.25) is 0 Å². The van der Waals surface area contributed by atoms with E-state index >= 15 is 0 Å². The van der Waals surface area contributed by atoms with Gasteiger partial charge in [0.2, 0.25) is 0 Å². The number of thiazole rings is 1. The predicted octanol–water partition coefficient (Wildman–Crippen LogP) is 2.92. The van der Waals surface area contributed by atoms with Crippen LogP contribution in [-0.4, -0.2) is 31.7 Å². The molecule has 0 bridgehead atoms. The summed E-state index contributed by atoms with van der Waals surface area (Å²) in [5.41, 5.74) is 0.775. The molecule has 1 atom stereocenters. The lowest BCUT2D eigenvalue weighted by atomic mass is 9.98. The molecule has 0 aliphatic carbocycles. The summed E-state index contributed by atoms with van der Waals surface area (Å²) in [6, 6.07) is 7.72. The second-order valence-electron chi connectivity index (χ2n) is 8.35. The lowest BCUT2D eigenvalue weighted by molar-refractivity contribution is 0.277. The predicted molar refractivity (Wildman–Crippen MR) is 129 cm³/mol. The molecule has 0 radical (unpaired) electrons. The third-order valence-corrected chi connectivity index (χ3v) is 6.69. The van der Waals surface area contributed by atoms with E-state index in [1.165, 1.54) is 9.13 Å². The van der Waals surface area contributed by atoms with Gasteiger partial charge >= 0.3 is 5.69 Å². The number of hydrogen-bond donors (Lipinski definition) is 1. The summed E-state index contributed by atoms with van der Waals surface area (Å²) in [5.74, 6) is 1.39. The maximum atomic E-state index is 13.2. The molecule has 2 aromatic heterocycles. The van der Waals surface area contributed by atoms with Crippen molar-refractivity contribution in [2.45, 2.75) is 46.1 Å². The van der Waals surface area contributed by atoms with E-state index in [1.54, 1.807) is 18.4 Å². The molecule has 1 unspecified atom stereocenters. The van der Waals surface area contributed by atoms with Crippen LogP contribution in [0.4, 0.5) is 5.82 Å². The van der Waals surface area contributed by atoms with Crippen molar-refractivity contribution in [3.05, 3.63) is 72.3 Å². The van der Waals surface area contributed by atoms with Gasteiger partial charge < -0.3 is 9.84 Å². The number of benzene rings is 1. The summed E-state index contributed by atoms with van der Waals surface area (Å²) in [5, 5.41) is 10.1. The average molecular weight is 469 g/mol. The molecule has 0 saturated carbocycles. The summed E-state index contributed by atoms with van der Waals surface area (Å²) >= 11 is 1.64. The summed E-state index contributed by atoms with van der Waals surface area (Å²) in [7, 11) is 1.62. The van der Waals surface area contributed by atoms with Crippen molar-refractivity contribution in [3.63, 3.8) is 0 Å². The van der Waals surface area contributed by atoms with Crippen molar-refractivity contribution in [1.82, 2.24) is 14.1 Å². The molecular weight excluding hydrogens is 440 g/mol.